The predicted molar refractivity (Wildman–Crippen MR) is 58.3 cm³/mol. The normalized spacial score (nSPS) is 38.3. The second-order valence-electron chi connectivity index (χ2n) is 4.94. The van der Waals surface area contributed by atoms with Crippen LogP contribution in [0.5, 0.6) is 0 Å². The van der Waals surface area contributed by atoms with Gasteiger partial charge in [0, 0.05) is 31.0 Å². The first-order chi connectivity index (χ1) is 6.74. The van der Waals surface area contributed by atoms with E-state index in [1.807, 2.05) is 0 Å². The lowest BCUT2D eigenvalue weighted by Gasteiger charge is -2.20. The van der Waals surface area contributed by atoms with Gasteiger partial charge >= 0.3 is 0 Å². The summed E-state index contributed by atoms with van der Waals surface area (Å²) in [7, 11) is 0. The summed E-state index contributed by atoms with van der Waals surface area (Å²) >= 11 is 0. The van der Waals surface area contributed by atoms with Crippen molar-refractivity contribution in [1.82, 2.24) is 4.90 Å². The van der Waals surface area contributed by atoms with E-state index in [1.165, 1.54) is 13.1 Å². The Morgan fingerprint density at radius 1 is 1.50 bits per heavy atom. The molecule has 2 fully saturated rings. The third kappa shape index (κ3) is 1.86. The van der Waals surface area contributed by atoms with Crippen molar-refractivity contribution in [2.75, 3.05) is 32.8 Å². The van der Waals surface area contributed by atoms with Crippen molar-refractivity contribution in [3.63, 3.8) is 0 Å². The van der Waals surface area contributed by atoms with E-state index in [9.17, 15) is 0 Å². The molecule has 2 aliphatic heterocycles. The molecule has 0 amide bonds. The Kier molecular flexibility index (Phi) is 2.93. The van der Waals surface area contributed by atoms with E-state index < -0.39 is 0 Å². The van der Waals surface area contributed by atoms with Crippen LogP contribution in [0.1, 0.15) is 20.3 Å². The van der Waals surface area contributed by atoms with Crippen LogP contribution in [0.2, 0.25) is 0 Å². The lowest BCUT2D eigenvalue weighted by molar-refractivity contribution is 0.138. The summed E-state index contributed by atoms with van der Waals surface area (Å²) in [4.78, 5) is 2.55. The van der Waals surface area contributed by atoms with E-state index in [2.05, 4.69) is 30.9 Å². The van der Waals surface area contributed by atoms with Gasteiger partial charge in [-0.05, 0) is 6.42 Å². The zero-order valence-corrected chi connectivity index (χ0v) is 9.33. The number of likely N-dealkylation sites (tertiary alicyclic amines) is 1. The van der Waals surface area contributed by atoms with Gasteiger partial charge in [0.05, 0.1) is 13.2 Å². The van der Waals surface area contributed by atoms with Crippen molar-refractivity contribution >= 4 is 0 Å². The molecule has 0 aromatic rings. The Balaban J connectivity index is 1.86. The van der Waals surface area contributed by atoms with E-state index in [0.717, 1.165) is 32.1 Å². The van der Waals surface area contributed by atoms with Crippen molar-refractivity contribution in [2.45, 2.75) is 20.3 Å². The quantitative estimate of drug-likeness (QED) is 0.638. The summed E-state index contributed by atoms with van der Waals surface area (Å²) < 4.78 is 5.54. The molecular weight excluding hydrogens is 174 g/mol. The van der Waals surface area contributed by atoms with Crippen LogP contribution < -0.4 is 0 Å². The van der Waals surface area contributed by atoms with Crippen molar-refractivity contribution in [1.29, 1.82) is 0 Å². The first-order valence-electron chi connectivity index (χ1n) is 5.70. The summed E-state index contributed by atoms with van der Waals surface area (Å²) in [6.45, 7) is 10.1. The van der Waals surface area contributed by atoms with Gasteiger partial charge in [-0.1, -0.05) is 26.0 Å². The highest BCUT2D eigenvalue weighted by molar-refractivity contribution is 4.99. The molecule has 0 aromatic heterocycles. The topological polar surface area (TPSA) is 12.5 Å². The fourth-order valence-corrected chi connectivity index (χ4v) is 2.62. The molecule has 0 aliphatic carbocycles. The van der Waals surface area contributed by atoms with E-state index in [0.29, 0.717) is 5.41 Å². The fourth-order valence-electron chi connectivity index (χ4n) is 2.62. The molecule has 0 N–H and O–H groups in total. The molecular formula is C12H21NO. The zero-order valence-electron chi connectivity index (χ0n) is 9.33. The predicted octanol–water partition coefficient (Wildman–Crippen LogP) is 1.92. The van der Waals surface area contributed by atoms with Crippen LogP contribution in [0.25, 0.3) is 0 Å². The third-order valence-electron chi connectivity index (χ3n) is 3.57. The van der Waals surface area contributed by atoms with E-state index >= 15 is 0 Å². The number of fused-ring (bicyclic) bond motifs is 1. The summed E-state index contributed by atoms with van der Waals surface area (Å²) in [6, 6.07) is 0. The molecule has 0 spiro atoms. The molecule has 2 saturated heterocycles. The van der Waals surface area contributed by atoms with Gasteiger partial charge in [-0.25, -0.2) is 0 Å². The minimum absolute atomic E-state index is 0.444. The molecule has 2 rings (SSSR count). The van der Waals surface area contributed by atoms with Gasteiger partial charge in [-0.2, -0.15) is 0 Å². The summed E-state index contributed by atoms with van der Waals surface area (Å²) in [6.07, 6.45) is 5.70. The molecule has 0 bridgehead atoms. The van der Waals surface area contributed by atoms with Crippen LogP contribution >= 0.6 is 0 Å². The highest BCUT2D eigenvalue weighted by atomic mass is 16.5. The Morgan fingerprint density at radius 3 is 3.07 bits per heavy atom. The molecule has 2 aliphatic rings. The minimum atomic E-state index is 0.444. The van der Waals surface area contributed by atoms with E-state index in [-0.39, 0.29) is 0 Å². The number of allylic oxidation sites excluding steroid dienone is 1. The maximum Gasteiger partial charge on any atom is 0.0536 e. The van der Waals surface area contributed by atoms with Gasteiger partial charge in [0.15, 0.2) is 0 Å². The van der Waals surface area contributed by atoms with Gasteiger partial charge in [-0.3, -0.25) is 4.90 Å². The van der Waals surface area contributed by atoms with Gasteiger partial charge in [0.2, 0.25) is 0 Å². The molecule has 2 heterocycles. The molecule has 2 atom stereocenters. The van der Waals surface area contributed by atoms with Crippen molar-refractivity contribution in [3.05, 3.63) is 12.2 Å². The molecule has 2 nitrogen and oxygen atoms in total. The van der Waals surface area contributed by atoms with Crippen LogP contribution in [-0.2, 0) is 4.74 Å². The SMILES string of the molecule is CC/C=C/CN1C[C@@H]2COC[C@]2(C)C1. The van der Waals surface area contributed by atoms with Crippen LogP contribution in [0.15, 0.2) is 12.2 Å². The number of hydrogen-bond acceptors (Lipinski definition) is 2. The van der Waals surface area contributed by atoms with Crippen molar-refractivity contribution in [2.24, 2.45) is 11.3 Å². The van der Waals surface area contributed by atoms with E-state index in [4.69, 9.17) is 4.74 Å². The van der Waals surface area contributed by atoms with Gasteiger partial charge in [-0.15, -0.1) is 0 Å². The Labute approximate surface area is 86.9 Å². The molecule has 0 radical (unpaired) electrons. The second-order valence-corrected chi connectivity index (χ2v) is 4.94. The average molecular weight is 195 g/mol. The molecule has 0 saturated carbocycles. The Bertz CT molecular complexity index is 226. The standard InChI is InChI=1S/C12H21NO/c1-3-4-5-6-13-7-11-8-14-10-12(11,2)9-13/h4-5,11H,3,6-10H2,1-2H3/b5-4+/t11-,12+/m1/s1. The van der Waals surface area contributed by atoms with Crippen LogP contribution in [0.4, 0.5) is 0 Å². The Hall–Kier alpha value is -0.340. The first kappa shape index (κ1) is 10.2. The van der Waals surface area contributed by atoms with E-state index in [1.54, 1.807) is 0 Å². The number of ether oxygens (including phenoxy) is 1. The lowest BCUT2D eigenvalue weighted by atomic mass is 9.83. The number of nitrogens with zero attached hydrogens (tertiary/aromatic N) is 1. The average Bonchev–Trinajstić information content (AvgIpc) is 2.59. The van der Waals surface area contributed by atoms with Crippen LogP contribution in [0.3, 0.4) is 0 Å². The maximum atomic E-state index is 5.54. The second kappa shape index (κ2) is 4.03. The summed E-state index contributed by atoms with van der Waals surface area (Å²) in [5.41, 5.74) is 0.444. The highest BCUT2D eigenvalue weighted by Crippen LogP contribution is 2.40. The minimum Gasteiger partial charge on any atom is -0.380 e. The summed E-state index contributed by atoms with van der Waals surface area (Å²) in [5, 5.41) is 0. The molecule has 14 heavy (non-hydrogen) atoms. The smallest absolute Gasteiger partial charge is 0.0536 e. The summed E-state index contributed by atoms with van der Waals surface area (Å²) in [5.74, 6) is 0.775. The van der Waals surface area contributed by atoms with Gasteiger partial charge in [0.1, 0.15) is 0 Å². The van der Waals surface area contributed by atoms with Crippen molar-refractivity contribution < 1.29 is 4.74 Å². The zero-order chi connectivity index (χ0) is 10.0. The third-order valence-corrected chi connectivity index (χ3v) is 3.57. The van der Waals surface area contributed by atoms with Gasteiger partial charge in [0.25, 0.3) is 0 Å². The van der Waals surface area contributed by atoms with Crippen LogP contribution in [-0.4, -0.2) is 37.7 Å². The largest absolute Gasteiger partial charge is 0.380 e. The molecule has 0 aromatic carbocycles. The molecule has 2 heteroatoms. The molecule has 80 valence electrons. The fraction of sp³-hybridized carbons (Fsp3) is 0.833. The number of hydrogen-bond donors (Lipinski definition) is 0. The number of rotatable bonds is 3. The van der Waals surface area contributed by atoms with Gasteiger partial charge < -0.3 is 4.74 Å². The monoisotopic (exact) mass is 195 g/mol. The highest BCUT2D eigenvalue weighted by Gasteiger charge is 2.46. The Morgan fingerprint density at radius 2 is 2.36 bits per heavy atom. The van der Waals surface area contributed by atoms with Crippen molar-refractivity contribution in [3.8, 4) is 0 Å². The first-order valence-corrected chi connectivity index (χ1v) is 5.70. The molecule has 0 unspecified atom stereocenters. The van der Waals surface area contributed by atoms with Crippen LogP contribution in [0, 0.1) is 11.3 Å². The lowest BCUT2D eigenvalue weighted by Crippen LogP contribution is -2.27. The maximum absolute atomic E-state index is 5.54.